The second-order valence-corrected chi connectivity index (χ2v) is 8.85. The summed E-state index contributed by atoms with van der Waals surface area (Å²) in [7, 11) is 0. The van der Waals surface area contributed by atoms with Crippen LogP contribution in [0.2, 0.25) is 0 Å². The molecule has 0 unspecified atom stereocenters. The van der Waals surface area contributed by atoms with E-state index in [4.69, 9.17) is 11.5 Å². The van der Waals surface area contributed by atoms with Crippen molar-refractivity contribution in [2.75, 3.05) is 10.6 Å². The minimum Gasteiger partial charge on any atom is -0.395 e. The van der Waals surface area contributed by atoms with Gasteiger partial charge in [0, 0.05) is 11.2 Å². The van der Waals surface area contributed by atoms with E-state index in [-0.39, 0.29) is 22.2 Å². The van der Waals surface area contributed by atoms with Crippen LogP contribution in [-0.2, 0) is 4.79 Å². The van der Waals surface area contributed by atoms with E-state index in [1.54, 1.807) is 6.92 Å². The van der Waals surface area contributed by atoms with Crippen LogP contribution in [0.4, 0.5) is 11.4 Å². The molecule has 8 nitrogen and oxygen atoms in total. The predicted molar refractivity (Wildman–Crippen MR) is 115 cm³/mol. The van der Waals surface area contributed by atoms with Crippen molar-refractivity contribution in [1.29, 1.82) is 0 Å². The molecule has 2 rings (SSSR count). The quantitative estimate of drug-likeness (QED) is 0.687. The normalized spacial score (nSPS) is 12.3. The summed E-state index contributed by atoms with van der Waals surface area (Å²) in [6.07, 6.45) is 0. The first-order chi connectivity index (χ1) is 13.3. The number of primary amides is 1. The molecular formula is C20H27N5O3S. The van der Waals surface area contributed by atoms with Crippen LogP contribution in [0.5, 0.6) is 0 Å². The SMILES string of the molecule is Cc1cc(C)cc(N(C(=O)c2snc(C(N)=O)c2N)[C@H](C)C(=O)NC(C)(C)C)c1. The fourth-order valence-electron chi connectivity index (χ4n) is 2.94. The second kappa shape index (κ2) is 8.20. The lowest BCUT2D eigenvalue weighted by Crippen LogP contribution is -2.53. The maximum absolute atomic E-state index is 13.4. The summed E-state index contributed by atoms with van der Waals surface area (Å²) in [4.78, 5) is 39.2. The molecule has 0 aliphatic rings. The largest absolute Gasteiger partial charge is 0.395 e. The van der Waals surface area contributed by atoms with Crippen LogP contribution >= 0.6 is 11.5 Å². The molecule has 1 heterocycles. The first-order valence-electron chi connectivity index (χ1n) is 9.10. The van der Waals surface area contributed by atoms with Crippen molar-refractivity contribution in [1.82, 2.24) is 9.69 Å². The molecule has 0 bridgehead atoms. The van der Waals surface area contributed by atoms with Gasteiger partial charge in [-0.3, -0.25) is 19.3 Å². The number of hydrogen-bond acceptors (Lipinski definition) is 6. The number of benzene rings is 1. The van der Waals surface area contributed by atoms with Gasteiger partial charge in [0.05, 0.1) is 5.69 Å². The number of nitrogens with two attached hydrogens (primary N) is 2. The van der Waals surface area contributed by atoms with Crippen LogP contribution in [0, 0.1) is 13.8 Å². The summed E-state index contributed by atoms with van der Waals surface area (Å²) in [5.74, 6) is -1.65. The number of aryl methyl sites for hydroxylation is 2. The number of nitrogens with one attached hydrogen (secondary N) is 1. The highest BCUT2D eigenvalue weighted by Gasteiger charge is 2.33. The first-order valence-corrected chi connectivity index (χ1v) is 9.88. The molecule has 3 amide bonds. The van der Waals surface area contributed by atoms with Gasteiger partial charge in [0.15, 0.2) is 5.69 Å². The highest BCUT2D eigenvalue weighted by atomic mass is 32.1. The summed E-state index contributed by atoms with van der Waals surface area (Å²) in [5.41, 5.74) is 13.0. The average molecular weight is 418 g/mol. The molecule has 156 valence electrons. The smallest absolute Gasteiger partial charge is 0.272 e. The highest BCUT2D eigenvalue weighted by molar-refractivity contribution is 7.09. The van der Waals surface area contributed by atoms with E-state index in [2.05, 4.69) is 9.69 Å². The van der Waals surface area contributed by atoms with Gasteiger partial charge in [-0.2, -0.15) is 4.37 Å². The molecule has 29 heavy (non-hydrogen) atoms. The van der Waals surface area contributed by atoms with Crippen LogP contribution in [-0.4, -0.2) is 33.7 Å². The number of rotatable bonds is 5. The van der Waals surface area contributed by atoms with E-state index in [9.17, 15) is 14.4 Å². The summed E-state index contributed by atoms with van der Waals surface area (Å²) >= 11 is 0.788. The Balaban J connectivity index is 2.56. The molecule has 1 aromatic carbocycles. The molecule has 9 heteroatoms. The Morgan fingerprint density at radius 1 is 1.14 bits per heavy atom. The number of carbonyl (C=O) groups excluding carboxylic acids is 3. The van der Waals surface area contributed by atoms with Gasteiger partial charge in [0.1, 0.15) is 10.9 Å². The van der Waals surface area contributed by atoms with E-state index in [1.807, 2.05) is 52.8 Å². The topological polar surface area (TPSA) is 131 Å². The third-order valence-electron chi connectivity index (χ3n) is 4.12. The van der Waals surface area contributed by atoms with E-state index in [0.29, 0.717) is 5.69 Å². The minimum absolute atomic E-state index is 0.0633. The van der Waals surface area contributed by atoms with Gasteiger partial charge < -0.3 is 16.8 Å². The van der Waals surface area contributed by atoms with Crippen molar-refractivity contribution >= 4 is 40.6 Å². The van der Waals surface area contributed by atoms with Crippen molar-refractivity contribution in [3.8, 4) is 0 Å². The Kier molecular flexibility index (Phi) is 6.32. The third-order valence-corrected chi connectivity index (χ3v) is 4.97. The summed E-state index contributed by atoms with van der Waals surface area (Å²) in [6, 6.07) is 4.77. The van der Waals surface area contributed by atoms with E-state index < -0.39 is 23.4 Å². The van der Waals surface area contributed by atoms with Crippen LogP contribution < -0.4 is 21.7 Å². The molecule has 0 fully saturated rings. The van der Waals surface area contributed by atoms with Crippen molar-refractivity contribution in [2.45, 2.75) is 53.1 Å². The summed E-state index contributed by atoms with van der Waals surface area (Å²) < 4.78 is 3.91. The Hall–Kier alpha value is -2.94. The third kappa shape index (κ3) is 5.11. The van der Waals surface area contributed by atoms with Gasteiger partial charge >= 0.3 is 0 Å². The lowest BCUT2D eigenvalue weighted by Gasteiger charge is -2.31. The van der Waals surface area contributed by atoms with E-state index in [0.717, 1.165) is 22.7 Å². The fourth-order valence-corrected chi connectivity index (χ4v) is 3.68. The zero-order valence-corrected chi connectivity index (χ0v) is 18.3. The zero-order chi connectivity index (χ0) is 22.1. The Labute approximate surface area is 174 Å². The number of aromatic nitrogens is 1. The molecule has 0 radical (unpaired) electrons. The molecule has 1 aromatic heterocycles. The summed E-state index contributed by atoms with van der Waals surface area (Å²) in [5, 5.41) is 2.89. The minimum atomic E-state index is -0.832. The first kappa shape index (κ1) is 22.4. The van der Waals surface area contributed by atoms with Gasteiger partial charge in [-0.05, 0) is 76.3 Å². The lowest BCUT2D eigenvalue weighted by atomic mass is 10.1. The molecule has 0 aliphatic carbocycles. The van der Waals surface area contributed by atoms with Crippen molar-refractivity contribution in [2.24, 2.45) is 5.73 Å². The summed E-state index contributed by atoms with van der Waals surface area (Å²) in [6.45, 7) is 11.0. The van der Waals surface area contributed by atoms with Crippen molar-refractivity contribution < 1.29 is 14.4 Å². The molecule has 0 aliphatic heterocycles. The van der Waals surface area contributed by atoms with Crippen LogP contribution in [0.15, 0.2) is 18.2 Å². The van der Waals surface area contributed by atoms with E-state index >= 15 is 0 Å². The molecule has 0 spiro atoms. The number of amides is 3. The average Bonchev–Trinajstić information content (AvgIpc) is 2.94. The van der Waals surface area contributed by atoms with Crippen molar-refractivity contribution in [3.05, 3.63) is 39.9 Å². The van der Waals surface area contributed by atoms with Crippen LogP contribution in [0.25, 0.3) is 0 Å². The zero-order valence-electron chi connectivity index (χ0n) is 17.5. The van der Waals surface area contributed by atoms with Crippen molar-refractivity contribution in [3.63, 3.8) is 0 Å². The number of nitrogens with zero attached hydrogens (tertiary/aromatic N) is 2. The lowest BCUT2D eigenvalue weighted by molar-refractivity contribution is -0.123. The molecule has 1 atom stereocenters. The van der Waals surface area contributed by atoms with Gasteiger partial charge in [0.2, 0.25) is 5.91 Å². The van der Waals surface area contributed by atoms with Gasteiger partial charge in [-0.1, -0.05) is 6.07 Å². The van der Waals surface area contributed by atoms with Crippen LogP contribution in [0.1, 0.15) is 59.0 Å². The number of anilines is 2. The number of carbonyl (C=O) groups is 3. The second-order valence-electron chi connectivity index (χ2n) is 8.07. The Morgan fingerprint density at radius 3 is 2.14 bits per heavy atom. The van der Waals surface area contributed by atoms with Gasteiger partial charge in [-0.15, -0.1) is 0 Å². The maximum atomic E-state index is 13.4. The fraction of sp³-hybridized carbons (Fsp3) is 0.400. The number of hydrogen-bond donors (Lipinski definition) is 3. The Bertz CT molecular complexity index is 941. The molecule has 2 aromatic rings. The van der Waals surface area contributed by atoms with E-state index in [1.165, 1.54) is 4.90 Å². The maximum Gasteiger partial charge on any atom is 0.272 e. The number of nitrogen functional groups attached to an aromatic ring is 1. The molecule has 0 saturated carbocycles. The van der Waals surface area contributed by atoms with Crippen LogP contribution in [0.3, 0.4) is 0 Å². The highest BCUT2D eigenvalue weighted by Crippen LogP contribution is 2.29. The standard InChI is InChI=1S/C20H27N5O3S/c1-10-7-11(2)9-13(8-10)25(12(3)18(27)23-20(4,5)6)19(28)16-14(21)15(17(22)26)24-29-16/h7-9,12H,21H2,1-6H3,(H2,22,26)(H,23,27)/t12-/m1/s1. The monoisotopic (exact) mass is 417 g/mol. The van der Waals surface area contributed by atoms with Gasteiger partial charge in [-0.25, -0.2) is 0 Å². The molecule has 5 N–H and O–H groups in total. The predicted octanol–water partition coefficient (Wildman–Crippen LogP) is 2.39. The van der Waals surface area contributed by atoms with Gasteiger partial charge in [0.25, 0.3) is 11.8 Å². The Morgan fingerprint density at radius 2 is 1.69 bits per heavy atom. The molecule has 0 saturated heterocycles. The molecular weight excluding hydrogens is 390 g/mol.